The molecule has 29 heavy (non-hydrogen) atoms. The second-order valence-electron chi connectivity index (χ2n) is 9.26. The first-order valence-electron chi connectivity index (χ1n) is 9.89. The molecule has 3 heterocycles. The van der Waals surface area contributed by atoms with Gasteiger partial charge in [0.15, 0.2) is 0 Å². The molecule has 0 aliphatic carbocycles. The zero-order valence-electron chi connectivity index (χ0n) is 18.1. The Kier molecular flexibility index (Phi) is 5.35. The highest BCUT2D eigenvalue weighted by molar-refractivity contribution is 5.26. The predicted molar refractivity (Wildman–Crippen MR) is 116 cm³/mol. The van der Waals surface area contributed by atoms with Crippen LogP contribution in [0.5, 0.6) is 0 Å². The molecule has 0 aliphatic rings. The van der Waals surface area contributed by atoms with Crippen molar-refractivity contribution in [3.05, 3.63) is 92.9 Å². The van der Waals surface area contributed by atoms with Gasteiger partial charge >= 0.3 is 5.56 Å². The van der Waals surface area contributed by atoms with Gasteiger partial charge in [-0.05, 0) is 29.7 Å². The number of pyridine rings is 3. The van der Waals surface area contributed by atoms with E-state index in [0.717, 1.165) is 16.9 Å². The van der Waals surface area contributed by atoms with Crippen LogP contribution in [-0.2, 0) is 24.4 Å². The molecule has 3 aromatic heterocycles. The molecule has 5 nitrogen and oxygen atoms in total. The Labute approximate surface area is 171 Å². The van der Waals surface area contributed by atoms with E-state index in [1.165, 1.54) is 0 Å². The minimum atomic E-state index is -0.415. The van der Waals surface area contributed by atoms with E-state index >= 15 is 0 Å². The molecule has 0 radical (unpaired) electrons. The smallest absolute Gasteiger partial charge is 0.318 e. The van der Waals surface area contributed by atoms with Crippen LogP contribution in [0, 0.1) is 0 Å². The van der Waals surface area contributed by atoms with Crippen LogP contribution in [-0.4, -0.2) is 9.13 Å². The Bertz CT molecular complexity index is 1150. The molecule has 0 atom stereocenters. The standard InChI is InChI=1S/C24H30N3O2/c1-23(2,3)18-11-10-16-27(22(18)29)20-13-7-8-15-26(20)17-24(4,5)19-12-9-14-25(6)21(19)28/h7-16H,17H2,1-6H3/q+1. The zero-order valence-corrected chi connectivity index (χ0v) is 18.1. The SMILES string of the molecule is Cn1cccc(C(C)(C)C[n+]2ccccc2-n2cccc(C(C)(C)C)c2=O)c1=O. The number of nitrogens with zero attached hydrogens (tertiary/aromatic N) is 3. The number of hydrogen-bond donors (Lipinski definition) is 0. The van der Waals surface area contributed by atoms with Crippen molar-refractivity contribution < 1.29 is 4.57 Å². The Morgan fingerprint density at radius 1 is 0.828 bits per heavy atom. The van der Waals surface area contributed by atoms with E-state index in [2.05, 4.69) is 13.8 Å². The van der Waals surface area contributed by atoms with Gasteiger partial charge in [-0.2, -0.15) is 4.57 Å². The molecule has 5 heteroatoms. The maximum absolute atomic E-state index is 13.2. The topological polar surface area (TPSA) is 47.9 Å². The van der Waals surface area contributed by atoms with Crippen molar-refractivity contribution in [1.82, 2.24) is 9.13 Å². The van der Waals surface area contributed by atoms with Crippen molar-refractivity contribution in [2.45, 2.75) is 52.0 Å². The number of aryl methyl sites for hydroxylation is 1. The van der Waals surface area contributed by atoms with Gasteiger partial charge in [0, 0.05) is 35.9 Å². The Morgan fingerprint density at radius 2 is 1.48 bits per heavy atom. The maximum atomic E-state index is 13.2. The first-order chi connectivity index (χ1) is 13.5. The monoisotopic (exact) mass is 392 g/mol. The molecule has 3 aromatic rings. The molecule has 0 amide bonds. The normalized spacial score (nSPS) is 12.2. The van der Waals surface area contributed by atoms with Crippen LogP contribution in [0.15, 0.2) is 70.6 Å². The third-order valence-corrected chi connectivity index (χ3v) is 5.34. The number of rotatable bonds is 4. The molecule has 0 N–H and O–H groups in total. The number of aromatic nitrogens is 3. The molecule has 0 saturated heterocycles. The summed E-state index contributed by atoms with van der Waals surface area (Å²) in [5.74, 6) is 0.782. The van der Waals surface area contributed by atoms with E-state index in [1.807, 2.05) is 74.0 Å². The lowest BCUT2D eigenvalue weighted by atomic mass is 9.85. The maximum Gasteiger partial charge on any atom is 0.342 e. The summed E-state index contributed by atoms with van der Waals surface area (Å²) in [4.78, 5) is 25.9. The molecule has 0 fully saturated rings. The van der Waals surface area contributed by atoms with Crippen LogP contribution < -0.4 is 15.7 Å². The van der Waals surface area contributed by atoms with Crippen LogP contribution in [0.4, 0.5) is 0 Å². The summed E-state index contributed by atoms with van der Waals surface area (Å²) in [5, 5.41) is 0. The van der Waals surface area contributed by atoms with Gasteiger partial charge < -0.3 is 4.57 Å². The van der Waals surface area contributed by atoms with Crippen LogP contribution in [0.25, 0.3) is 5.82 Å². The van der Waals surface area contributed by atoms with Crippen molar-refractivity contribution in [3.8, 4) is 5.82 Å². The molecule has 0 aromatic carbocycles. The van der Waals surface area contributed by atoms with Crippen LogP contribution in [0.1, 0.15) is 45.7 Å². The lowest BCUT2D eigenvalue weighted by Crippen LogP contribution is -2.49. The van der Waals surface area contributed by atoms with E-state index in [4.69, 9.17) is 0 Å². The van der Waals surface area contributed by atoms with Crippen LogP contribution in [0.3, 0.4) is 0 Å². The Balaban J connectivity index is 2.11. The molecule has 3 rings (SSSR count). The molecule has 0 aliphatic heterocycles. The lowest BCUT2D eigenvalue weighted by molar-refractivity contribution is -0.698. The average molecular weight is 393 g/mol. The zero-order chi connectivity index (χ0) is 21.4. The minimum absolute atomic E-state index is 0.00229. The summed E-state index contributed by atoms with van der Waals surface area (Å²) in [6, 6.07) is 13.4. The second kappa shape index (κ2) is 7.47. The quantitative estimate of drug-likeness (QED) is 0.641. The molecular weight excluding hydrogens is 362 g/mol. The van der Waals surface area contributed by atoms with E-state index in [-0.39, 0.29) is 16.5 Å². The van der Waals surface area contributed by atoms with Crippen molar-refractivity contribution in [1.29, 1.82) is 0 Å². The molecule has 0 unspecified atom stereocenters. The molecule has 0 saturated carbocycles. The summed E-state index contributed by atoms with van der Waals surface area (Å²) < 4.78 is 5.34. The third-order valence-electron chi connectivity index (χ3n) is 5.34. The van der Waals surface area contributed by atoms with Gasteiger partial charge in [-0.3, -0.25) is 4.79 Å². The molecule has 152 valence electrons. The van der Waals surface area contributed by atoms with Gasteiger partial charge in [-0.15, -0.1) is 0 Å². The lowest BCUT2D eigenvalue weighted by Gasteiger charge is -2.24. The van der Waals surface area contributed by atoms with Crippen molar-refractivity contribution >= 4 is 0 Å². The average Bonchev–Trinajstić information content (AvgIpc) is 2.63. The van der Waals surface area contributed by atoms with Gasteiger partial charge in [0.25, 0.3) is 11.4 Å². The highest BCUT2D eigenvalue weighted by Crippen LogP contribution is 2.21. The van der Waals surface area contributed by atoms with Gasteiger partial charge in [0.1, 0.15) is 0 Å². The molecule has 0 spiro atoms. The highest BCUT2D eigenvalue weighted by Gasteiger charge is 2.29. The van der Waals surface area contributed by atoms with Crippen LogP contribution >= 0.6 is 0 Å². The van der Waals surface area contributed by atoms with E-state index in [9.17, 15) is 9.59 Å². The Morgan fingerprint density at radius 3 is 2.17 bits per heavy atom. The third kappa shape index (κ3) is 4.09. The van der Waals surface area contributed by atoms with Crippen LogP contribution in [0.2, 0.25) is 0 Å². The van der Waals surface area contributed by atoms with E-state index in [0.29, 0.717) is 6.54 Å². The van der Waals surface area contributed by atoms with Crippen molar-refractivity contribution in [3.63, 3.8) is 0 Å². The van der Waals surface area contributed by atoms with Crippen molar-refractivity contribution in [2.75, 3.05) is 0 Å². The first kappa shape index (κ1) is 20.8. The largest absolute Gasteiger partial charge is 0.342 e. The summed E-state index contributed by atoms with van der Waals surface area (Å²) >= 11 is 0. The van der Waals surface area contributed by atoms with Gasteiger partial charge in [0.05, 0.1) is 18.9 Å². The second-order valence-corrected chi connectivity index (χ2v) is 9.26. The highest BCUT2D eigenvalue weighted by atomic mass is 16.1. The fraction of sp³-hybridized carbons (Fsp3) is 0.375. The molecule has 0 bridgehead atoms. The Hall–Kier alpha value is -2.95. The fourth-order valence-electron chi connectivity index (χ4n) is 3.69. The van der Waals surface area contributed by atoms with Gasteiger partial charge in [-0.1, -0.05) is 46.8 Å². The first-order valence-corrected chi connectivity index (χ1v) is 9.89. The van der Waals surface area contributed by atoms with E-state index < -0.39 is 5.41 Å². The van der Waals surface area contributed by atoms with Crippen molar-refractivity contribution in [2.24, 2.45) is 7.05 Å². The summed E-state index contributed by atoms with van der Waals surface area (Å²) in [6.07, 6.45) is 5.53. The number of hydrogen-bond acceptors (Lipinski definition) is 2. The summed E-state index contributed by atoms with van der Waals surface area (Å²) in [7, 11) is 1.76. The summed E-state index contributed by atoms with van der Waals surface area (Å²) in [6.45, 7) is 10.8. The fourth-order valence-corrected chi connectivity index (χ4v) is 3.69. The van der Waals surface area contributed by atoms with E-state index in [1.54, 1.807) is 28.6 Å². The predicted octanol–water partition coefficient (Wildman–Crippen LogP) is 3.10. The molecular formula is C24H30N3O2+. The van der Waals surface area contributed by atoms with Gasteiger partial charge in [0.2, 0.25) is 0 Å². The minimum Gasteiger partial charge on any atom is -0.318 e. The van der Waals surface area contributed by atoms with Gasteiger partial charge in [-0.25, -0.2) is 9.36 Å². The summed E-state index contributed by atoms with van der Waals surface area (Å²) in [5.41, 5.74) is 0.847.